The molecule has 0 bridgehead atoms. The molecular weight excluding hydrogens is 439 g/mol. The lowest BCUT2D eigenvalue weighted by Crippen LogP contribution is -2.41. The molecule has 0 heterocycles. The predicted molar refractivity (Wildman–Crippen MR) is 121 cm³/mol. The summed E-state index contributed by atoms with van der Waals surface area (Å²) < 4.78 is 5.39. The van der Waals surface area contributed by atoms with E-state index in [4.69, 9.17) is 10.5 Å². The number of nitrogens with one attached hydrogen (secondary N) is 1. The molecule has 2 rings (SSSR count). The number of nitrogens with zero attached hydrogens (tertiary/aromatic N) is 2. The van der Waals surface area contributed by atoms with E-state index in [-0.39, 0.29) is 30.0 Å². The Morgan fingerprint density at radius 2 is 1.96 bits per heavy atom. The monoisotopic (exact) mass is 474 g/mol. The first-order valence-electron chi connectivity index (χ1n) is 9.62. The zero-order chi connectivity index (χ0) is 18.1. The van der Waals surface area contributed by atoms with Crippen molar-refractivity contribution in [3.8, 4) is 5.75 Å². The van der Waals surface area contributed by atoms with Gasteiger partial charge >= 0.3 is 0 Å². The van der Waals surface area contributed by atoms with Crippen molar-refractivity contribution in [2.75, 3.05) is 26.7 Å². The Labute approximate surface area is 175 Å². The second-order valence-electron chi connectivity index (χ2n) is 6.72. The van der Waals surface area contributed by atoms with Gasteiger partial charge in [-0.05, 0) is 43.6 Å². The maximum Gasteiger partial charge on any atom is 0.188 e. The van der Waals surface area contributed by atoms with Crippen LogP contribution in [0.4, 0.5) is 0 Å². The Morgan fingerprint density at radius 1 is 1.27 bits per heavy atom. The number of methoxy groups -OCH3 is 1. The van der Waals surface area contributed by atoms with Gasteiger partial charge in [0.1, 0.15) is 5.75 Å². The average Bonchev–Trinajstić information content (AvgIpc) is 2.66. The minimum absolute atomic E-state index is 0. The Balaban J connectivity index is 0.00000338. The second kappa shape index (κ2) is 12.4. The van der Waals surface area contributed by atoms with E-state index in [0.29, 0.717) is 18.5 Å². The maximum absolute atomic E-state index is 6.17. The molecule has 0 aromatic heterocycles. The largest absolute Gasteiger partial charge is 0.497 e. The van der Waals surface area contributed by atoms with Gasteiger partial charge in [0.15, 0.2) is 5.96 Å². The molecule has 6 heteroatoms. The van der Waals surface area contributed by atoms with Crippen molar-refractivity contribution in [3.63, 3.8) is 0 Å². The van der Waals surface area contributed by atoms with Crippen LogP contribution in [0.1, 0.15) is 57.6 Å². The summed E-state index contributed by atoms with van der Waals surface area (Å²) in [6.07, 6.45) is 6.32. The number of guanidine groups is 1. The fourth-order valence-corrected chi connectivity index (χ4v) is 3.63. The van der Waals surface area contributed by atoms with Gasteiger partial charge in [-0.15, -0.1) is 24.0 Å². The van der Waals surface area contributed by atoms with E-state index >= 15 is 0 Å². The molecule has 26 heavy (non-hydrogen) atoms. The number of aliphatic imine (C=N–C) groups is 1. The standard InChI is InChI=1S/C20H34N4O.HI/c1-4-24(5-2)19(16-10-9-13-18(14-16)25-3)15-22-20(21)23-17-11-7-6-8-12-17;/h9-10,13-14,17,19H,4-8,11-12,15H2,1-3H3,(H3,21,22,23);1H. The van der Waals surface area contributed by atoms with Crippen LogP contribution in [0.5, 0.6) is 5.75 Å². The Bertz CT molecular complexity index is 542. The SMILES string of the molecule is CCN(CC)C(CN=C(N)NC1CCCCC1)c1cccc(OC)c1.I. The van der Waals surface area contributed by atoms with E-state index < -0.39 is 0 Å². The van der Waals surface area contributed by atoms with Gasteiger partial charge in [0, 0.05) is 6.04 Å². The van der Waals surface area contributed by atoms with E-state index in [9.17, 15) is 0 Å². The van der Waals surface area contributed by atoms with Crippen LogP contribution >= 0.6 is 24.0 Å². The minimum atomic E-state index is 0. The zero-order valence-electron chi connectivity index (χ0n) is 16.4. The van der Waals surface area contributed by atoms with Crippen LogP contribution in [-0.4, -0.2) is 43.6 Å². The topological polar surface area (TPSA) is 62.9 Å². The van der Waals surface area contributed by atoms with Gasteiger partial charge in [0.05, 0.1) is 19.7 Å². The summed E-state index contributed by atoms with van der Waals surface area (Å²) in [5.41, 5.74) is 7.39. The molecule has 1 aromatic carbocycles. The van der Waals surface area contributed by atoms with Gasteiger partial charge in [-0.2, -0.15) is 0 Å². The third kappa shape index (κ3) is 6.95. The Morgan fingerprint density at radius 3 is 2.58 bits per heavy atom. The summed E-state index contributed by atoms with van der Waals surface area (Å²) in [5, 5.41) is 3.41. The summed E-state index contributed by atoms with van der Waals surface area (Å²) in [7, 11) is 1.70. The normalized spacial score (nSPS) is 16.8. The van der Waals surface area contributed by atoms with Crippen LogP contribution in [0.3, 0.4) is 0 Å². The van der Waals surface area contributed by atoms with Gasteiger partial charge in [0.25, 0.3) is 0 Å². The van der Waals surface area contributed by atoms with Gasteiger partial charge < -0.3 is 15.8 Å². The number of hydrogen-bond acceptors (Lipinski definition) is 3. The van der Waals surface area contributed by atoms with Crippen molar-refractivity contribution in [1.29, 1.82) is 0 Å². The fourth-order valence-electron chi connectivity index (χ4n) is 3.63. The molecule has 148 valence electrons. The van der Waals surface area contributed by atoms with Crippen LogP contribution in [0, 0.1) is 0 Å². The van der Waals surface area contributed by atoms with Crippen molar-refractivity contribution >= 4 is 29.9 Å². The molecule has 3 N–H and O–H groups in total. The van der Waals surface area contributed by atoms with Crippen LogP contribution in [0.15, 0.2) is 29.3 Å². The number of hydrogen-bond donors (Lipinski definition) is 2. The molecule has 5 nitrogen and oxygen atoms in total. The van der Waals surface area contributed by atoms with Gasteiger partial charge in [-0.25, -0.2) is 0 Å². The molecule has 0 aliphatic heterocycles. The zero-order valence-corrected chi connectivity index (χ0v) is 18.7. The van der Waals surface area contributed by atoms with E-state index in [1.54, 1.807) is 7.11 Å². The molecule has 0 amide bonds. The van der Waals surface area contributed by atoms with Gasteiger partial charge in [-0.3, -0.25) is 9.89 Å². The molecule has 1 aliphatic carbocycles. The number of halogens is 1. The third-order valence-corrected chi connectivity index (χ3v) is 5.12. The highest BCUT2D eigenvalue weighted by Gasteiger charge is 2.19. The van der Waals surface area contributed by atoms with E-state index in [2.05, 4.69) is 41.2 Å². The first-order valence-corrected chi connectivity index (χ1v) is 9.62. The molecule has 0 radical (unpaired) electrons. The summed E-state index contributed by atoms with van der Waals surface area (Å²) in [6.45, 7) is 6.97. The summed E-state index contributed by atoms with van der Waals surface area (Å²) in [4.78, 5) is 7.08. The summed E-state index contributed by atoms with van der Waals surface area (Å²) in [5.74, 6) is 1.46. The third-order valence-electron chi connectivity index (χ3n) is 5.12. The minimum Gasteiger partial charge on any atom is -0.497 e. The van der Waals surface area contributed by atoms with E-state index in [1.165, 1.54) is 37.7 Å². The fraction of sp³-hybridized carbons (Fsp3) is 0.650. The van der Waals surface area contributed by atoms with Crippen molar-refractivity contribution in [2.24, 2.45) is 10.7 Å². The maximum atomic E-state index is 6.17. The van der Waals surface area contributed by atoms with Crippen LogP contribution in [0.25, 0.3) is 0 Å². The van der Waals surface area contributed by atoms with Crippen LogP contribution in [-0.2, 0) is 0 Å². The smallest absolute Gasteiger partial charge is 0.188 e. The molecular formula is C20H35IN4O. The Hall–Kier alpha value is -1.02. The van der Waals surface area contributed by atoms with Crippen LogP contribution < -0.4 is 15.8 Å². The lowest BCUT2D eigenvalue weighted by atomic mass is 9.96. The van der Waals surface area contributed by atoms with Crippen molar-refractivity contribution in [2.45, 2.75) is 58.0 Å². The first-order chi connectivity index (χ1) is 12.2. The molecule has 0 saturated heterocycles. The highest BCUT2D eigenvalue weighted by Crippen LogP contribution is 2.24. The predicted octanol–water partition coefficient (Wildman–Crippen LogP) is 3.93. The molecule has 1 atom stereocenters. The Kier molecular flexibility index (Phi) is 11.0. The number of rotatable bonds is 8. The van der Waals surface area contributed by atoms with Crippen LogP contribution in [0.2, 0.25) is 0 Å². The second-order valence-corrected chi connectivity index (χ2v) is 6.72. The van der Waals surface area contributed by atoms with Crippen molar-refractivity contribution < 1.29 is 4.74 Å². The van der Waals surface area contributed by atoms with Crippen molar-refractivity contribution in [1.82, 2.24) is 10.2 Å². The molecule has 1 aliphatic rings. The first kappa shape index (κ1) is 23.0. The molecule has 1 unspecified atom stereocenters. The molecule has 1 aromatic rings. The molecule has 1 saturated carbocycles. The number of likely N-dealkylation sites (N-methyl/N-ethyl adjacent to an activating group) is 1. The number of nitrogens with two attached hydrogens (primary N) is 1. The average molecular weight is 474 g/mol. The number of benzene rings is 1. The summed E-state index contributed by atoms with van der Waals surface area (Å²) in [6, 6.07) is 8.95. The van der Waals surface area contributed by atoms with Gasteiger partial charge in [-0.1, -0.05) is 45.2 Å². The highest BCUT2D eigenvalue weighted by atomic mass is 127. The summed E-state index contributed by atoms with van der Waals surface area (Å²) >= 11 is 0. The molecule has 1 fully saturated rings. The lowest BCUT2D eigenvalue weighted by Gasteiger charge is -2.29. The highest BCUT2D eigenvalue weighted by molar-refractivity contribution is 14.0. The lowest BCUT2D eigenvalue weighted by molar-refractivity contribution is 0.224. The molecule has 0 spiro atoms. The van der Waals surface area contributed by atoms with Gasteiger partial charge in [0.2, 0.25) is 0 Å². The van der Waals surface area contributed by atoms with Crippen molar-refractivity contribution in [3.05, 3.63) is 29.8 Å². The quantitative estimate of drug-likeness (QED) is 0.341. The van der Waals surface area contributed by atoms with E-state index in [1.807, 2.05) is 12.1 Å². The number of ether oxygens (including phenoxy) is 1. The van der Waals surface area contributed by atoms with E-state index in [0.717, 1.165) is 18.8 Å².